The summed E-state index contributed by atoms with van der Waals surface area (Å²) in [4.78, 5) is 15.2. The molecule has 16 heavy (non-hydrogen) atoms. The molecule has 1 aliphatic rings. The average Bonchev–Trinajstić information content (AvgIpc) is 2.62. The Morgan fingerprint density at radius 2 is 1.88 bits per heavy atom. The molecule has 0 bridgehead atoms. The standard InChI is InChI=1S/C12H24N2O2/c1-12(2,3)14(10-11(15)16)9-8-13-6-4-5-7-13/h4-10H2,1-3H3,(H,15,16). The van der Waals surface area contributed by atoms with E-state index in [-0.39, 0.29) is 12.1 Å². The van der Waals surface area contributed by atoms with E-state index in [4.69, 9.17) is 5.11 Å². The lowest BCUT2D eigenvalue weighted by atomic mass is 10.1. The summed E-state index contributed by atoms with van der Waals surface area (Å²) in [6, 6.07) is 0. The molecule has 1 rings (SSSR count). The number of nitrogens with zero attached hydrogens (tertiary/aromatic N) is 2. The fourth-order valence-corrected chi connectivity index (χ4v) is 2.08. The van der Waals surface area contributed by atoms with E-state index in [0.29, 0.717) is 0 Å². The maximum absolute atomic E-state index is 10.8. The van der Waals surface area contributed by atoms with Crippen molar-refractivity contribution in [2.24, 2.45) is 0 Å². The Hall–Kier alpha value is -0.610. The molecule has 1 saturated heterocycles. The molecule has 0 saturated carbocycles. The van der Waals surface area contributed by atoms with E-state index in [2.05, 4.69) is 25.7 Å². The van der Waals surface area contributed by atoms with E-state index >= 15 is 0 Å². The van der Waals surface area contributed by atoms with Crippen LogP contribution in [0.4, 0.5) is 0 Å². The molecule has 4 nitrogen and oxygen atoms in total. The molecule has 0 aromatic rings. The van der Waals surface area contributed by atoms with Gasteiger partial charge in [0.05, 0.1) is 6.54 Å². The van der Waals surface area contributed by atoms with Crippen molar-refractivity contribution in [1.29, 1.82) is 0 Å². The van der Waals surface area contributed by atoms with Crippen molar-refractivity contribution in [1.82, 2.24) is 9.80 Å². The van der Waals surface area contributed by atoms with E-state index < -0.39 is 5.97 Å². The lowest BCUT2D eigenvalue weighted by Crippen LogP contribution is -2.47. The summed E-state index contributed by atoms with van der Waals surface area (Å²) in [7, 11) is 0. The number of carboxylic acids is 1. The predicted molar refractivity (Wildman–Crippen MR) is 64.6 cm³/mol. The molecule has 0 aromatic heterocycles. The number of rotatable bonds is 5. The van der Waals surface area contributed by atoms with Gasteiger partial charge in [-0.15, -0.1) is 0 Å². The highest BCUT2D eigenvalue weighted by Gasteiger charge is 2.24. The Labute approximate surface area is 98.2 Å². The molecule has 0 aliphatic carbocycles. The van der Waals surface area contributed by atoms with E-state index in [9.17, 15) is 4.79 Å². The average molecular weight is 228 g/mol. The summed E-state index contributed by atoms with van der Waals surface area (Å²) >= 11 is 0. The normalized spacial score (nSPS) is 18.2. The maximum atomic E-state index is 10.8. The number of hydrogen-bond acceptors (Lipinski definition) is 3. The van der Waals surface area contributed by atoms with Crippen LogP contribution in [0.5, 0.6) is 0 Å². The van der Waals surface area contributed by atoms with Crippen molar-refractivity contribution in [2.45, 2.75) is 39.2 Å². The van der Waals surface area contributed by atoms with Gasteiger partial charge < -0.3 is 10.0 Å². The summed E-state index contributed by atoms with van der Waals surface area (Å²) in [6.07, 6.45) is 2.57. The first-order valence-corrected chi connectivity index (χ1v) is 6.09. The summed E-state index contributed by atoms with van der Waals surface area (Å²) in [5.41, 5.74) is -0.0713. The maximum Gasteiger partial charge on any atom is 0.317 e. The summed E-state index contributed by atoms with van der Waals surface area (Å²) < 4.78 is 0. The van der Waals surface area contributed by atoms with Crippen molar-refractivity contribution in [3.63, 3.8) is 0 Å². The Morgan fingerprint density at radius 3 is 2.31 bits per heavy atom. The van der Waals surface area contributed by atoms with Gasteiger partial charge >= 0.3 is 5.97 Å². The molecule has 0 atom stereocenters. The van der Waals surface area contributed by atoms with Crippen molar-refractivity contribution in [2.75, 3.05) is 32.7 Å². The van der Waals surface area contributed by atoms with Crippen LogP contribution in [0.15, 0.2) is 0 Å². The van der Waals surface area contributed by atoms with Crippen molar-refractivity contribution in [3.8, 4) is 0 Å². The van der Waals surface area contributed by atoms with Gasteiger partial charge in [-0.25, -0.2) is 0 Å². The number of hydrogen-bond donors (Lipinski definition) is 1. The molecule has 1 fully saturated rings. The molecule has 1 heterocycles. The third kappa shape index (κ3) is 4.49. The molecular weight excluding hydrogens is 204 g/mol. The molecule has 4 heteroatoms. The van der Waals surface area contributed by atoms with Crippen LogP contribution in [-0.2, 0) is 4.79 Å². The number of carbonyl (C=O) groups is 1. The monoisotopic (exact) mass is 228 g/mol. The Bertz CT molecular complexity index is 230. The zero-order chi connectivity index (χ0) is 12.2. The van der Waals surface area contributed by atoms with Gasteiger partial charge in [-0.3, -0.25) is 9.69 Å². The van der Waals surface area contributed by atoms with Crippen LogP contribution in [0, 0.1) is 0 Å². The molecule has 94 valence electrons. The van der Waals surface area contributed by atoms with Crippen LogP contribution in [-0.4, -0.2) is 59.1 Å². The van der Waals surface area contributed by atoms with E-state index in [1.54, 1.807) is 0 Å². The van der Waals surface area contributed by atoms with Crippen LogP contribution >= 0.6 is 0 Å². The fourth-order valence-electron chi connectivity index (χ4n) is 2.08. The zero-order valence-corrected chi connectivity index (χ0v) is 10.7. The first kappa shape index (κ1) is 13.5. The first-order chi connectivity index (χ1) is 7.39. The van der Waals surface area contributed by atoms with Crippen LogP contribution in [0.1, 0.15) is 33.6 Å². The third-order valence-corrected chi connectivity index (χ3v) is 3.16. The molecule has 0 amide bonds. The highest BCUT2D eigenvalue weighted by molar-refractivity contribution is 5.69. The Balaban J connectivity index is 2.40. The minimum Gasteiger partial charge on any atom is -0.480 e. The van der Waals surface area contributed by atoms with Crippen molar-refractivity contribution >= 4 is 5.97 Å². The second-order valence-electron chi connectivity index (χ2n) is 5.53. The highest BCUT2D eigenvalue weighted by atomic mass is 16.4. The van der Waals surface area contributed by atoms with Crippen LogP contribution in [0.3, 0.4) is 0 Å². The second-order valence-corrected chi connectivity index (χ2v) is 5.53. The largest absolute Gasteiger partial charge is 0.480 e. The van der Waals surface area contributed by atoms with Gasteiger partial charge in [0.15, 0.2) is 0 Å². The molecule has 0 unspecified atom stereocenters. The quantitative estimate of drug-likeness (QED) is 0.769. The van der Waals surface area contributed by atoms with E-state index in [1.807, 2.05) is 4.90 Å². The molecule has 0 radical (unpaired) electrons. The molecular formula is C12H24N2O2. The SMILES string of the molecule is CC(C)(C)N(CCN1CCCC1)CC(=O)O. The van der Waals surface area contributed by atoms with Gasteiger partial charge in [0, 0.05) is 18.6 Å². The van der Waals surface area contributed by atoms with Crippen molar-refractivity contribution in [3.05, 3.63) is 0 Å². The van der Waals surface area contributed by atoms with Crippen molar-refractivity contribution < 1.29 is 9.90 Å². The molecule has 0 aromatic carbocycles. The first-order valence-electron chi connectivity index (χ1n) is 6.09. The van der Waals surface area contributed by atoms with Gasteiger partial charge in [-0.2, -0.15) is 0 Å². The summed E-state index contributed by atoms with van der Waals surface area (Å²) in [5, 5.41) is 8.88. The predicted octanol–water partition coefficient (Wildman–Crippen LogP) is 1.27. The molecule has 1 N–H and O–H groups in total. The Morgan fingerprint density at radius 1 is 1.31 bits per heavy atom. The Kier molecular flexibility index (Phi) is 4.74. The van der Waals surface area contributed by atoms with E-state index in [0.717, 1.165) is 13.1 Å². The topological polar surface area (TPSA) is 43.8 Å². The van der Waals surface area contributed by atoms with Crippen LogP contribution in [0.25, 0.3) is 0 Å². The third-order valence-electron chi connectivity index (χ3n) is 3.16. The number of carboxylic acid groups (broad SMARTS) is 1. The number of likely N-dealkylation sites (tertiary alicyclic amines) is 1. The van der Waals surface area contributed by atoms with Gasteiger partial charge in [0.1, 0.15) is 0 Å². The smallest absolute Gasteiger partial charge is 0.317 e. The van der Waals surface area contributed by atoms with Gasteiger partial charge in [-0.1, -0.05) is 0 Å². The lowest BCUT2D eigenvalue weighted by Gasteiger charge is -2.35. The zero-order valence-electron chi connectivity index (χ0n) is 10.7. The minimum atomic E-state index is -0.739. The summed E-state index contributed by atoms with van der Waals surface area (Å²) in [6.45, 7) is 10.5. The van der Waals surface area contributed by atoms with Gasteiger partial charge in [-0.05, 0) is 46.7 Å². The highest BCUT2D eigenvalue weighted by Crippen LogP contribution is 2.14. The van der Waals surface area contributed by atoms with E-state index in [1.165, 1.54) is 25.9 Å². The molecule has 1 aliphatic heterocycles. The lowest BCUT2D eigenvalue weighted by molar-refractivity contribution is -0.139. The number of aliphatic carboxylic acids is 1. The fraction of sp³-hybridized carbons (Fsp3) is 0.917. The summed E-state index contributed by atoms with van der Waals surface area (Å²) in [5.74, 6) is -0.739. The minimum absolute atomic E-state index is 0.0713. The van der Waals surface area contributed by atoms with Crippen LogP contribution < -0.4 is 0 Å². The van der Waals surface area contributed by atoms with Gasteiger partial charge in [0.2, 0.25) is 0 Å². The second kappa shape index (κ2) is 5.64. The van der Waals surface area contributed by atoms with Crippen LogP contribution in [0.2, 0.25) is 0 Å². The molecule has 0 spiro atoms. The van der Waals surface area contributed by atoms with Gasteiger partial charge in [0.25, 0.3) is 0 Å².